The third-order valence-electron chi connectivity index (χ3n) is 3.78. The van der Waals surface area contributed by atoms with Crippen LogP contribution in [0.2, 0.25) is 0 Å². The Kier molecular flexibility index (Phi) is 5.49. The molecule has 1 amide bonds. The first-order valence-electron chi connectivity index (χ1n) is 7.29. The summed E-state index contributed by atoms with van der Waals surface area (Å²) in [5.74, 6) is -1.57. The molecule has 5 nitrogen and oxygen atoms in total. The number of carbonyl (C=O) groups is 2. The molecule has 0 aliphatic carbocycles. The number of carboxylic acid groups (broad SMARTS) is 1. The van der Waals surface area contributed by atoms with Gasteiger partial charge in [-0.05, 0) is 24.1 Å². The summed E-state index contributed by atoms with van der Waals surface area (Å²) in [6, 6.07) is 15.2. The Morgan fingerprint density at radius 1 is 1.00 bits per heavy atom. The van der Waals surface area contributed by atoms with Gasteiger partial charge in [0, 0.05) is 7.05 Å². The number of benzene rings is 2. The lowest BCUT2D eigenvalue weighted by atomic mass is 10.0. The Morgan fingerprint density at radius 2 is 1.57 bits per heavy atom. The van der Waals surface area contributed by atoms with E-state index in [1.54, 1.807) is 19.2 Å². The summed E-state index contributed by atoms with van der Waals surface area (Å²) in [7, 11) is 1.57. The monoisotopic (exact) mass is 313 g/mol. The van der Waals surface area contributed by atoms with Gasteiger partial charge in [-0.2, -0.15) is 0 Å². The molecule has 1 unspecified atom stereocenters. The van der Waals surface area contributed by atoms with Gasteiger partial charge in [0.1, 0.15) is 0 Å². The summed E-state index contributed by atoms with van der Waals surface area (Å²) in [5, 5.41) is 18.8. The topological polar surface area (TPSA) is 77.8 Å². The van der Waals surface area contributed by atoms with Gasteiger partial charge in [0.2, 0.25) is 0 Å². The molecule has 0 bridgehead atoms. The second-order valence-corrected chi connectivity index (χ2v) is 5.29. The molecule has 0 spiro atoms. The van der Waals surface area contributed by atoms with Crippen LogP contribution >= 0.6 is 0 Å². The summed E-state index contributed by atoms with van der Waals surface area (Å²) in [5.41, 5.74) is 1.08. The highest BCUT2D eigenvalue weighted by Gasteiger charge is 2.24. The Morgan fingerprint density at radius 3 is 2.13 bits per heavy atom. The van der Waals surface area contributed by atoms with Crippen molar-refractivity contribution < 1.29 is 19.8 Å². The molecule has 0 radical (unpaired) electrons. The van der Waals surface area contributed by atoms with E-state index in [-0.39, 0.29) is 17.7 Å². The number of carbonyl (C=O) groups excluding carboxylic acids is 1. The Hall–Kier alpha value is -2.66. The number of aromatic carboxylic acids is 1. The third kappa shape index (κ3) is 3.96. The normalized spacial score (nSPS) is 11.7. The van der Waals surface area contributed by atoms with Gasteiger partial charge in [-0.15, -0.1) is 0 Å². The first kappa shape index (κ1) is 16.7. The van der Waals surface area contributed by atoms with Crippen LogP contribution < -0.4 is 0 Å². The first-order valence-corrected chi connectivity index (χ1v) is 7.29. The number of hydrogen-bond acceptors (Lipinski definition) is 3. The van der Waals surface area contributed by atoms with Crippen LogP contribution in [-0.4, -0.2) is 46.7 Å². The van der Waals surface area contributed by atoms with E-state index in [2.05, 4.69) is 0 Å². The van der Waals surface area contributed by atoms with Crippen LogP contribution in [0.5, 0.6) is 0 Å². The fourth-order valence-electron chi connectivity index (χ4n) is 2.42. The Balaban J connectivity index is 2.22. The minimum Gasteiger partial charge on any atom is -0.478 e. The third-order valence-corrected chi connectivity index (χ3v) is 3.78. The van der Waals surface area contributed by atoms with Crippen molar-refractivity contribution >= 4 is 11.9 Å². The molecule has 0 heterocycles. The maximum absolute atomic E-state index is 12.6. The molecule has 0 aliphatic heterocycles. The molecular weight excluding hydrogens is 294 g/mol. The van der Waals surface area contributed by atoms with E-state index >= 15 is 0 Å². The van der Waals surface area contributed by atoms with Crippen LogP contribution in [0.3, 0.4) is 0 Å². The van der Waals surface area contributed by atoms with Crippen LogP contribution in [0.15, 0.2) is 54.6 Å². The molecule has 0 aromatic heterocycles. The van der Waals surface area contributed by atoms with Crippen molar-refractivity contribution in [3.8, 4) is 0 Å². The van der Waals surface area contributed by atoms with Gasteiger partial charge in [0.25, 0.3) is 5.91 Å². The molecule has 5 heteroatoms. The van der Waals surface area contributed by atoms with Crippen LogP contribution in [-0.2, 0) is 6.42 Å². The average molecular weight is 313 g/mol. The van der Waals surface area contributed by atoms with Crippen molar-refractivity contribution in [3.63, 3.8) is 0 Å². The number of aliphatic hydroxyl groups is 1. The van der Waals surface area contributed by atoms with E-state index < -0.39 is 17.9 Å². The van der Waals surface area contributed by atoms with Gasteiger partial charge in [0.15, 0.2) is 0 Å². The highest BCUT2D eigenvalue weighted by atomic mass is 16.4. The SMILES string of the molecule is CN(C(=O)c1ccccc1C(=O)O)C(CO)Cc1ccccc1. The molecule has 23 heavy (non-hydrogen) atoms. The summed E-state index contributed by atoms with van der Waals surface area (Å²) in [4.78, 5) is 25.3. The van der Waals surface area contributed by atoms with Crippen molar-refractivity contribution in [2.75, 3.05) is 13.7 Å². The molecule has 1 atom stereocenters. The van der Waals surface area contributed by atoms with E-state index in [0.29, 0.717) is 6.42 Å². The molecule has 2 rings (SSSR count). The van der Waals surface area contributed by atoms with Crippen LogP contribution in [0.25, 0.3) is 0 Å². The van der Waals surface area contributed by atoms with Crippen LogP contribution in [0.1, 0.15) is 26.3 Å². The smallest absolute Gasteiger partial charge is 0.336 e. The van der Waals surface area contributed by atoms with Crippen LogP contribution in [0.4, 0.5) is 0 Å². The zero-order chi connectivity index (χ0) is 16.8. The number of likely N-dealkylation sites (N-methyl/N-ethyl adjacent to an activating group) is 1. The lowest BCUT2D eigenvalue weighted by molar-refractivity contribution is 0.0634. The van der Waals surface area contributed by atoms with E-state index in [1.165, 1.54) is 17.0 Å². The fourth-order valence-corrected chi connectivity index (χ4v) is 2.42. The van der Waals surface area contributed by atoms with E-state index in [4.69, 9.17) is 0 Å². The largest absolute Gasteiger partial charge is 0.478 e. The summed E-state index contributed by atoms with van der Waals surface area (Å²) < 4.78 is 0. The average Bonchev–Trinajstić information content (AvgIpc) is 2.59. The minimum atomic E-state index is -1.15. The second kappa shape index (κ2) is 7.56. The van der Waals surface area contributed by atoms with Crippen molar-refractivity contribution in [1.29, 1.82) is 0 Å². The number of hydrogen-bond donors (Lipinski definition) is 2. The number of aliphatic hydroxyl groups excluding tert-OH is 1. The minimum absolute atomic E-state index is 0.0410. The van der Waals surface area contributed by atoms with Crippen molar-refractivity contribution in [2.45, 2.75) is 12.5 Å². The first-order chi connectivity index (χ1) is 11.0. The van der Waals surface area contributed by atoms with Crippen molar-refractivity contribution in [1.82, 2.24) is 4.90 Å². The molecule has 2 aromatic carbocycles. The van der Waals surface area contributed by atoms with Crippen molar-refractivity contribution in [2.24, 2.45) is 0 Å². The van der Waals surface area contributed by atoms with Gasteiger partial charge in [0.05, 0.1) is 23.8 Å². The number of nitrogens with zero attached hydrogens (tertiary/aromatic N) is 1. The van der Waals surface area contributed by atoms with Gasteiger partial charge >= 0.3 is 5.97 Å². The lowest BCUT2D eigenvalue weighted by Crippen LogP contribution is -2.41. The maximum atomic E-state index is 12.6. The standard InChI is InChI=1S/C18H19NO4/c1-19(14(12-20)11-13-7-3-2-4-8-13)17(21)15-9-5-6-10-16(15)18(22)23/h2-10,14,20H,11-12H2,1H3,(H,22,23). The maximum Gasteiger partial charge on any atom is 0.336 e. The molecule has 120 valence electrons. The van der Waals surface area contributed by atoms with Crippen LogP contribution in [0, 0.1) is 0 Å². The van der Waals surface area contributed by atoms with E-state index in [9.17, 15) is 19.8 Å². The summed E-state index contributed by atoms with van der Waals surface area (Å²) in [6.45, 7) is -0.202. The summed E-state index contributed by atoms with van der Waals surface area (Å²) >= 11 is 0. The van der Waals surface area contributed by atoms with Gasteiger partial charge < -0.3 is 15.1 Å². The second-order valence-electron chi connectivity index (χ2n) is 5.29. The van der Waals surface area contributed by atoms with E-state index in [1.807, 2.05) is 30.3 Å². The number of amides is 1. The Labute approximate surface area is 134 Å². The van der Waals surface area contributed by atoms with Gasteiger partial charge in [-0.1, -0.05) is 42.5 Å². The zero-order valence-electron chi connectivity index (χ0n) is 12.8. The van der Waals surface area contributed by atoms with Gasteiger partial charge in [-0.25, -0.2) is 4.79 Å². The molecule has 0 saturated carbocycles. The zero-order valence-corrected chi connectivity index (χ0v) is 12.8. The van der Waals surface area contributed by atoms with Gasteiger partial charge in [-0.3, -0.25) is 4.79 Å². The molecule has 0 aliphatic rings. The van der Waals surface area contributed by atoms with Crippen molar-refractivity contribution in [3.05, 3.63) is 71.3 Å². The number of rotatable bonds is 6. The Bertz CT molecular complexity index is 684. The summed E-state index contributed by atoms with van der Waals surface area (Å²) in [6.07, 6.45) is 0.495. The highest BCUT2D eigenvalue weighted by molar-refractivity contribution is 6.04. The highest BCUT2D eigenvalue weighted by Crippen LogP contribution is 2.15. The molecule has 2 N–H and O–H groups in total. The quantitative estimate of drug-likeness (QED) is 0.856. The molecule has 2 aromatic rings. The lowest BCUT2D eigenvalue weighted by Gasteiger charge is -2.27. The van der Waals surface area contributed by atoms with E-state index in [0.717, 1.165) is 5.56 Å². The predicted molar refractivity (Wildman–Crippen MR) is 86.5 cm³/mol. The molecule has 0 saturated heterocycles. The molecular formula is C18H19NO4. The number of carboxylic acids is 1. The predicted octanol–water partition coefficient (Wildman–Crippen LogP) is 2.06. The fraction of sp³-hybridized carbons (Fsp3) is 0.222. The molecule has 0 fully saturated rings.